The Balaban J connectivity index is 1.41. The van der Waals surface area contributed by atoms with Crippen molar-refractivity contribution in [3.05, 3.63) is 77.0 Å². The van der Waals surface area contributed by atoms with Gasteiger partial charge in [0.2, 0.25) is 0 Å². The molecule has 166 valence electrons. The predicted octanol–water partition coefficient (Wildman–Crippen LogP) is 4.85. The molecule has 0 amide bonds. The molecule has 1 aliphatic heterocycles. The predicted molar refractivity (Wildman–Crippen MR) is 131 cm³/mol. The van der Waals surface area contributed by atoms with Gasteiger partial charge in [0.05, 0.1) is 5.41 Å². The van der Waals surface area contributed by atoms with Crippen LogP contribution in [0.3, 0.4) is 0 Å². The zero-order chi connectivity index (χ0) is 22.6. The van der Waals surface area contributed by atoms with Gasteiger partial charge >= 0.3 is 0 Å². The summed E-state index contributed by atoms with van der Waals surface area (Å²) in [4.78, 5) is 11.3. The summed E-state index contributed by atoms with van der Waals surface area (Å²) >= 11 is 0. The molecular formula is C24H27N5O2S. The molecule has 1 saturated heterocycles. The van der Waals surface area contributed by atoms with E-state index in [4.69, 9.17) is 0 Å². The highest BCUT2D eigenvalue weighted by atomic mass is 32.2. The van der Waals surface area contributed by atoms with Gasteiger partial charge in [0.25, 0.3) is 10.0 Å². The number of aryl methyl sites for hydroxylation is 2. The first-order valence-corrected chi connectivity index (χ1v) is 12.2. The molecule has 1 aliphatic rings. The van der Waals surface area contributed by atoms with E-state index in [1.807, 2.05) is 56.3 Å². The molecule has 0 unspecified atom stereocenters. The Kier molecular flexibility index (Phi) is 6.41. The Morgan fingerprint density at radius 1 is 0.906 bits per heavy atom. The van der Waals surface area contributed by atoms with Crippen molar-refractivity contribution in [1.82, 2.24) is 9.97 Å². The minimum absolute atomic E-state index is 0.487. The van der Waals surface area contributed by atoms with Crippen molar-refractivity contribution in [2.24, 2.45) is 0 Å². The number of benzene rings is 2. The van der Waals surface area contributed by atoms with Gasteiger partial charge in [-0.3, -0.25) is 4.72 Å². The Bertz CT molecular complexity index is 1200. The van der Waals surface area contributed by atoms with E-state index in [-0.39, 0.29) is 0 Å². The van der Waals surface area contributed by atoms with Crippen LogP contribution in [0.4, 0.5) is 23.0 Å². The van der Waals surface area contributed by atoms with Crippen LogP contribution in [0.5, 0.6) is 0 Å². The number of nitrogens with zero attached hydrogens (tertiary/aromatic N) is 3. The van der Waals surface area contributed by atoms with Crippen LogP contribution in [0.15, 0.2) is 60.0 Å². The smallest absolute Gasteiger partial charge is 0.255 e. The number of rotatable bonds is 7. The van der Waals surface area contributed by atoms with E-state index >= 15 is 0 Å². The zero-order valence-corrected chi connectivity index (χ0v) is 19.1. The Morgan fingerprint density at radius 2 is 1.56 bits per heavy atom. The van der Waals surface area contributed by atoms with Gasteiger partial charge in [0.1, 0.15) is 17.5 Å². The summed E-state index contributed by atoms with van der Waals surface area (Å²) in [5.41, 5.74) is 3.25. The minimum atomic E-state index is -3.61. The first-order valence-electron chi connectivity index (χ1n) is 10.6. The minimum Gasteiger partial charge on any atom is -0.356 e. The third-order valence-corrected chi connectivity index (χ3v) is 6.20. The second kappa shape index (κ2) is 9.40. The number of nitrogens with one attached hydrogen (secondary N) is 2. The molecule has 7 nitrogen and oxygen atoms in total. The van der Waals surface area contributed by atoms with Gasteiger partial charge in [0, 0.05) is 30.5 Å². The monoisotopic (exact) mass is 449 g/mol. The molecule has 0 radical (unpaired) electrons. The fourth-order valence-electron chi connectivity index (χ4n) is 3.54. The van der Waals surface area contributed by atoms with Crippen LogP contribution in [-0.2, 0) is 10.0 Å². The van der Waals surface area contributed by atoms with E-state index in [2.05, 4.69) is 24.9 Å². The molecule has 2 N–H and O–H groups in total. The molecule has 0 bridgehead atoms. The number of sulfonamides is 1. The van der Waals surface area contributed by atoms with Crippen molar-refractivity contribution < 1.29 is 8.42 Å². The summed E-state index contributed by atoms with van der Waals surface area (Å²) in [6, 6.07) is 16.7. The van der Waals surface area contributed by atoms with E-state index in [1.54, 1.807) is 18.2 Å². The highest BCUT2D eigenvalue weighted by molar-refractivity contribution is 7.95. The van der Waals surface area contributed by atoms with E-state index in [1.165, 1.54) is 18.2 Å². The highest BCUT2D eigenvalue weighted by Crippen LogP contribution is 2.24. The van der Waals surface area contributed by atoms with Crippen LogP contribution < -0.4 is 14.9 Å². The van der Waals surface area contributed by atoms with Crippen molar-refractivity contribution in [3.8, 4) is 0 Å². The molecular weight excluding hydrogens is 422 g/mol. The van der Waals surface area contributed by atoms with Crippen molar-refractivity contribution in [2.45, 2.75) is 26.7 Å². The second-order valence-corrected chi connectivity index (χ2v) is 9.48. The number of hydrogen-bond acceptors (Lipinski definition) is 6. The maximum Gasteiger partial charge on any atom is 0.255 e. The molecule has 1 aromatic heterocycles. The van der Waals surface area contributed by atoms with Crippen LogP contribution in [0.2, 0.25) is 0 Å². The van der Waals surface area contributed by atoms with Gasteiger partial charge in [-0.05, 0) is 62.6 Å². The summed E-state index contributed by atoms with van der Waals surface area (Å²) < 4.78 is 27.3. The van der Waals surface area contributed by atoms with Crippen LogP contribution in [0, 0.1) is 13.8 Å². The fourth-order valence-corrected chi connectivity index (χ4v) is 4.41. The van der Waals surface area contributed by atoms with Gasteiger partial charge in [0.15, 0.2) is 0 Å². The van der Waals surface area contributed by atoms with Gasteiger partial charge < -0.3 is 10.2 Å². The molecule has 2 heterocycles. The lowest BCUT2D eigenvalue weighted by molar-refractivity contribution is 0.609. The summed E-state index contributed by atoms with van der Waals surface area (Å²) in [6.07, 6.45) is 3.94. The van der Waals surface area contributed by atoms with Crippen LogP contribution >= 0.6 is 0 Å². The normalized spacial score (nSPS) is 14.1. The average molecular weight is 450 g/mol. The van der Waals surface area contributed by atoms with E-state index in [9.17, 15) is 8.42 Å². The standard InChI is InChI=1S/C24H27N5O2S/c1-18-5-7-20(8-6-18)13-16-32(30,31)28-22-11-9-21(10-12-22)27-23-17-24(26-19(2)25-23)29-14-3-4-15-29/h5-13,16-17,28H,3-4,14-15H2,1-2H3,(H,25,26,27)/b16-13+. The highest BCUT2D eigenvalue weighted by Gasteiger charge is 2.15. The van der Waals surface area contributed by atoms with Crippen molar-refractivity contribution >= 4 is 39.1 Å². The van der Waals surface area contributed by atoms with E-state index in [0.29, 0.717) is 17.3 Å². The fraction of sp³-hybridized carbons (Fsp3) is 0.250. The van der Waals surface area contributed by atoms with Crippen LogP contribution in [0.1, 0.15) is 29.8 Å². The maximum absolute atomic E-state index is 12.4. The maximum atomic E-state index is 12.4. The summed E-state index contributed by atoms with van der Waals surface area (Å²) in [6.45, 7) is 5.90. The molecule has 32 heavy (non-hydrogen) atoms. The molecule has 0 aliphatic carbocycles. The van der Waals surface area contributed by atoms with Gasteiger partial charge in [-0.25, -0.2) is 18.4 Å². The summed E-state index contributed by atoms with van der Waals surface area (Å²) in [5.74, 6) is 2.36. The third-order valence-electron chi connectivity index (χ3n) is 5.19. The van der Waals surface area contributed by atoms with Crippen molar-refractivity contribution in [1.29, 1.82) is 0 Å². The molecule has 0 atom stereocenters. The first kappa shape index (κ1) is 21.8. The Hall–Kier alpha value is -3.39. The largest absolute Gasteiger partial charge is 0.356 e. The molecule has 3 aromatic rings. The lowest BCUT2D eigenvalue weighted by Gasteiger charge is -2.18. The lowest BCUT2D eigenvalue weighted by atomic mass is 10.2. The van der Waals surface area contributed by atoms with Crippen molar-refractivity contribution in [3.63, 3.8) is 0 Å². The lowest BCUT2D eigenvalue weighted by Crippen LogP contribution is -2.19. The van der Waals surface area contributed by atoms with Gasteiger partial charge in [-0.15, -0.1) is 0 Å². The molecule has 1 fully saturated rings. The molecule has 4 rings (SSSR count). The number of hydrogen-bond donors (Lipinski definition) is 2. The third kappa shape index (κ3) is 5.85. The van der Waals surface area contributed by atoms with E-state index < -0.39 is 10.0 Å². The van der Waals surface area contributed by atoms with Gasteiger partial charge in [-0.2, -0.15) is 0 Å². The quantitative estimate of drug-likeness (QED) is 0.536. The summed E-state index contributed by atoms with van der Waals surface area (Å²) in [5, 5.41) is 4.45. The van der Waals surface area contributed by atoms with Gasteiger partial charge in [-0.1, -0.05) is 29.8 Å². The van der Waals surface area contributed by atoms with Crippen LogP contribution in [-0.4, -0.2) is 31.5 Å². The SMILES string of the molecule is Cc1ccc(/C=C/S(=O)(=O)Nc2ccc(Nc3cc(N4CCCC4)nc(C)n3)cc2)cc1. The molecule has 8 heteroatoms. The van der Waals surface area contributed by atoms with Crippen molar-refractivity contribution in [2.75, 3.05) is 28.0 Å². The first-order chi connectivity index (χ1) is 15.4. The molecule has 0 spiro atoms. The Morgan fingerprint density at radius 3 is 2.25 bits per heavy atom. The summed E-state index contributed by atoms with van der Waals surface area (Å²) in [7, 11) is -3.61. The molecule has 0 saturated carbocycles. The Labute approximate surface area is 189 Å². The second-order valence-electron chi connectivity index (χ2n) is 7.92. The molecule has 2 aromatic carbocycles. The van der Waals surface area contributed by atoms with E-state index in [0.717, 1.165) is 35.7 Å². The topological polar surface area (TPSA) is 87.2 Å². The number of aromatic nitrogens is 2. The number of anilines is 4. The average Bonchev–Trinajstić information content (AvgIpc) is 3.29. The zero-order valence-electron chi connectivity index (χ0n) is 18.2. The van der Waals surface area contributed by atoms with Crippen LogP contribution in [0.25, 0.3) is 6.08 Å².